The first-order chi connectivity index (χ1) is 9.68. The minimum Gasteiger partial charge on any atom is -0.379 e. The molecular weight excluding hydrogens is 294 g/mol. The van der Waals surface area contributed by atoms with Gasteiger partial charge in [-0.1, -0.05) is 10.6 Å². The number of aromatic nitrogens is 2. The number of hydrogen-bond donors (Lipinski definition) is 1. The molecule has 0 radical (unpaired) electrons. The van der Waals surface area contributed by atoms with Crippen LogP contribution in [0.15, 0.2) is 17.5 Å². The summed E-state index contributed by atoms with van der Waals surface area (Å²) < 4.78 is 9.30. The van der Waals surface area contributed by atoms with E-state index in [1.54, 1.807) is 11.3 Å². The molecule has 108 valence electrons. The summed E-state index contributed by atoms with van der Waals surface area (Å²) in [5.74, 6) is -0.118. The van der Waals surface area contributed by atoms with Crippen molar-refractivity contribution in [2.24, 2.45) is 0 Å². The molecule has 2 rings (SSSR count). The number of ether oxygens (including phenoxy) is 1. The van der Waals surface area contributed by atoms with Gasteiger partial charge in [-0.15, -0.1) is 16.4 Å². The maximum absolute atomic E-state index is 12.1. The molecule has 2 heterocycles. The molecule has 0 spiro atoms. The Morgan fingerprint density at radius 1 is 1.50 bits per heavy atom. The Balaban J connectivity index is 1.86. The van der Waals surface area contributed by atoms with Crippen LogP contribution in [0.3, 0.4) is 0 Å². The van der Waals surface area contributed by atoms with Crippen LogP contribution < -0.4 is 5.32 Å². The van der Waals surface area contributed by atoms with E-state index in [9.17, 15) is 4.79 Å². The molecule has 7 heteroatoms. The highest BCUT2D eigenvalue weighted by Crippen LogP contribution is 2.27. The Morgan fingerprint density at radius 2 is 2.35 bits per heavy atom. The zero-order valence-corrected chi connectivity index (χ0v) is 13.1. The molecule has 1 N–H and O–H groups in total. The summed E-state index contributed by atoms with van der Waals surface area (Å²) in [6.45, 7) is 5.23. The van der Waals surface area contributed by atoms with E-state index < -0.39 is 0 Å². The molecule has 1 amide bonds. The Bertz CT molecular complexity index is 538. The molecule has 5 nitrogen and oxygen atoms in total. The van der Waals surface area contributed by atoms with Crippen LogP contribution in [0, 0.1) is 0 Å². The van der Waals surface area contributed by atoms with Crippen LogP contribution >= 0.6 is 22.9 Å². The van der Waals surface area contributed by atoms with E-state index in [0.29, 0.717) is 23.7 Å². The van der Waals surface area contributed by atoms with Crippen molar-refractivity contribution in [3.63, 3.8) is 0 Å². The van der Waals surface area contributed by atoms with Crippen molar-refractivity contribution in [3.8, 4) is 10.6 Å². The number of carbonyl (C=O) groups is 1. The van der Waals surface area contributed by atoms with Crippen molar-refractivity contribution in [1.82, 2.24) is 14.9 Å². The second kappa shape index (κ2) is 7.47. The van der Waals surface area contributed by atoms with E-state index in [-0.39, 0.29) is 12.0 Å². The number of rotatable bonds is 7. The van der Waals surface area contributed by atoms with Crippen molar-refractivity contribution in [2.45, 2.75) is 26.4 Å². The number of carbonyl (C=O) groups excluding carboxylic acids is 1. The van der Waals surface area contributed by atoms with Gasteiger partial charge in [-0.2, -0.15) is 0 Å². The molecule has 0 aliphatic heterocycles. The summed E-state index contributed by atoms with van der Waals surface area (Å²) in [5, 5.41) is 8.88. The molecule has 0 aliphatic rings. The van der Waals surface area contributed by atoms with Gasteiger partial charge in [0.05, 0.1) is 11.0 Å². The summed E-state index contributed by atoms with van der Waals surface area (Å²) in [4.78, 5) is 13.6. The van der Waals surface area contributed by atoms with Crippen LogP contribution in [0.4, 0.5) is 0 Å². The molecule has 0 saturated heterocycles. The van der Waals surface area contributed by atoms with Gasteiger partial charge in [-0.25, -0.2) is 0 Å². The van der Waals surface area contributed by atoms with Crippen molar-refractivity contribution < 1.29 is 9.53 Å². The molecule has 0 saturated carbocycles. The fourth-order valence-electron chi connectivity index (χ4n) is 1.59. The number of nitrogens with one attached hydrogen (secondary N) is 1. The van der Waals surface area contributed by atoms with Crippen molar-refractivity contribution in [3.05, 3.63) is 22.4 Å². The van der Waals surface area contributed by atoms with Crippen molar-refractivity contribution in [1.29, 1.82) is 0 Å². The zero-order chi connectivity index (χ0) is 14.4. The quantitative estimate of drug-likeness (QED) is 0.799. The summed E-state index contributed by atoms with van der Waals surface area (Å²) in [6.07, 6.45) is 1.02. The van der Waals surface area contributed by atoms with Gasteiger partial charge >= 0.3 is 0 Å². The van der Waals surface area contributed by atoms with Crippen molar-refractivity contribution >= 4 is 28.8 Å². The lowest BCUT2D eigenvalue weighted by atomic mass is 10.3. The Labute approximate surface area is 126 Å². The largest absolute Gasteiger partial charge is 0.379 e. The average Bonchev–Trinajstić information content (AvgIpc) is 3.08. The van der Waals surface area contributed by atoms with E-state index in [1.165, 1.54) is 0 Å². The van der Waals surface area contributed by atoms with Gasteiger partial charge < -0.3 is 10.1 Å². The number of thiophene rings is 1. The highest BCUT2D eigenvalue weighted by molar-refractivity contribution is 7.14. The standard InChI is InChI=1S/C13H17N3O2S2/c1-9(2)18-7-4-6-14-13(17)12-11(15-16-20-12)10-5-3-8-19-10/h3,5,8-9H,4,6-7H2,1-2H3,(H,14,17). The second-order valence-electron chi connectivity index (χ2n) is 4.46. The summed E-state index contributed by atoms with van der Waals surface area (Å²) in [5.41, 5.74) is 0.668. The highest BCUT2D eigenvalue weighted by atomic mass is 32.1. The summed E-state index contributed by atoms with van der Waals surface area (Å²) >= 11 is 2.68. The number of nitrogens with zero attached hydrogens (tertiary/aromatic N) is 2. The van der Waals surface area contributed by atoms with E-state index in [1.807, 2.05) is 31.4 Å². The number of amides is 1. The lowest BCUT2D eigenvalue weighted by molar-refractivity contribution is 0.0757. The molecule has 20 heavy (non-hydrogen) atoms. The zero-order valence-electron chi connectivity index (χ0n) is 11.5. The fourth-order valence-corrected chi connectivity index (χ4v) is 2.96. The van der Waals surface area contributed by atoms with Gasteiger partial charge in [0.2, 0.25) is 0 Å². The highest BCUT2D eigenvalue weighted by Gasteiger charge is 2.17. The molecular formula is C13H17N3O2S2. The van der Waals surface area contributed by atoms with E-state index in [0.717, 1.165) is 22.8 Å². The molecule has 2 aromatic rings. The predicted molar refractivity (Wildman–Crippen MR) is 81.3 cm³/mol. The maximum atomic E-state index is 12.1. The van der Waals surface area contributed by atoms with E-state index in [4.69, 9.17) is 4.74 Å². The van der Waals surface area contributed by atoms with Crippen LogP contribution in [0.2, 0.25) is 0 Å². The Kier molecular flexibility index (Phi) is 5.63. The molecule has 0 unspecified atom stereocenters. The molecule has 0 bridgehead atoms. The fraction of sp³-hybridized carbons (Fsp3) is 0.462. The third-order valence-electron chi connectivity index (χ3n) is 2.51. The first-order valence-corrected chi connectivity index (χ1v) is 8.10. The maximum Gasteiger partial charge on any atom is 0.265 e. The minimum absolute atomic E-state index is 0.118. The van der Waals surface area contributed by atoms with Crippen molar-refractivity contribution in [2.75, 3.05) is 13.2 Å². The van der Waals surface area contributed by atoms with E-state index in [2.05, 4.69) is 14.9 Å². The van der Waals surface area contributed by atoms with Gasteiger partial charge in [0.1, 0.15) is 10.6 Å². The normalized spacial score (nSPS) is 10.9. The van der Waals surface area contributed by atoms with Crippen LogP contribution in [0.25, 0.3) is 10.6 Å². The van der Waals surface area contributed by atoms with Gasteiger partial charge in [0.25, 0.3) is 5.91 Å². The molecule has 0 atom stereocenters. The van der Waals surface area contributed by atoms with Crippen LogP contribution in [0.1, 0.15) is 29.9 Å². The monoisotopic (exact) mass is 311 g/mol. The van der Waals surface area contributed by atoms with Gasteiger partial charge in [-0.3, -0.25) is 4.79 Å². The Hall–Kier alpha value is -1.31. The van der Waals surface area contributed by atoms with Crippen LogP contribution in [-0.4, -0.2) is 34.7 Å². The lowest BCUT2D eigenvalue weighted by Crippen LogP contribution is -2.25. The van der Waals surface area contributed by atoms with Gasteiger partial charge in [-0.05, 0) is 43.2 Å². The first kappa shape index (κ1) is 15.1. The number of hydrogen-bond acceptors (Lipinski definition) is 6. The second-order valence-corrected chi connectivity index (χ2v) is 6.16. The predicted octanol–water partition coefficient (Wildman–Crippen LogP) is 2.81. The van der Waals surface area contributed by atoms with E-state index >= 15 is 0 Å². The molecule has 0 aromatic carbocycles. The Morgan fingerprint density at radius 3 is 3.05 bits per heavy atom. The first-order valence-electron chi connectivity index (χ1n) is 6.44. The molecule has 0 aliphatic carbocycles. The summed E-state index contributed by atoms with van der Waals surface area (Å²) in [6, 6.07) is 3.87. The average molecular weight is 311 g/mol. The molecule has 2 aromatic heterocycles. The van der Waals surface area contributed by atoms with Gasteiger partial charge in [0, 0.05) is 13.2 Å². The van der Waals surface area contributed by atoms with Crippen LogP contribution in [-0.2, 0) is 4.74 Å². The summed E-state index contributed by atoms with van der Waals surface area (Å²) in [7, 11) is 0. The smallest absolute Gasteiger partial charge is 0.265 e. The topological polar surface area (TPSA) is 64.1 Å². The molecule has 0 fully saturated rings. The van der Waals surface area contributed by atoms with Crippen LogP contribution in [0.5, 0.6) is 0 Å². The SMILES string of the molecule is CC(C)OCCCNC(=O)c1snnc1-c1cccs1. The third-order valence-corrected chi connectivity index (χ3v) is 4.11. The van der Waals surface area contributed by atoms with Gasteiger partial charge in [0.15, 0.2) is 0 Å². The minimum atomic E-state index is -0.118. The third kappa shape index (κ3) is 4.09. The lowest BCUT2D eigenvalue weighted by Gasteiger charge is -2.07.